The normalized spacial score (nSPS) is 10.4. The minimum atomic E-state index is 0.714. The largest absolute Gasteiger partial charge is 0.462 e. The van der Waals surface area contributed by atoms with Crippen molar-refractivity contribution < 1.29 is 4.42 Å². The number of furan rings is 1. The summed E-state index contributed by atoms with van der Waals surface area (Å²) in [6.07, 6.45) is 2.49. The number of rotatable bonds is 2. The monoisotopic (exact) mass is 206 g/mol. The summed E-state index contributed by atoms with van der Waals surface area (Å²) in [6, 6.07) is 10.0. The van der Waals surface area contributed by atoms with Gasteiger partial charge in [0.15, 0.2) is 0 Å². The summed E-state index contributed by atoms with van der Waals surface area (Å²) in [4.78, 5) is 0. The molecule has 0 bridgehead atoms. The van der Waals surface area contributed by atoms with E-state index in [1.54, 1.807) is 6.26 Å². The van der Waals surface area contributed by atoms with Crippen molar-refractivity contribution in [3.05, 3.63) is 47.2 Å². The Bertz CT molecular complexity index is 417. The van der Waals surface area contributed by atoms with Crippen LogP contribution in [0.25, 0.3) is 11.3 Å². The molecule has 0 radical (unpaired) electrons. The van der Waals surface area contributed by atoms with Crippen molar-refractivity contribution in [3.63, 3.8) is 0 Å². The van der Waals surface area contributed by atoms with Crippen LogP contribution in [-0.4, -0.2) is 0 Å². The Morgan fingerprint density at radius 3 is 2.57 bits per heavy atom. The van der Waals surface area contributed by atoms with Gasteiger partial charge >= 0.3 is 0 Å². The standard InChI is InChI=1S/C12H11ClO/c1-2-10-11(13)8-14-12(10)9-6-4-3-5-7-9/h3-8H,2H2,1H3. The summed E-state index contributed by atoms with van der Waals surface area (Å²) in [5.41, 5.74) is 2.16. The van der Waals surface area contributed by atoms with E-state index < -0.39 is 0 Å². The van der Waals surface area contributed by atoms with E-state index in [1.165, 1.54) is 0 Å². The van der Waals surface area contributed by atoms with E-state index in [2.05, 4.69) is 6.92 Å². The van der Waals surface area contributed by atoms with Gasteiger partial charge in [-0.2, -0.15) is 0 Å². The van der Waals surface area contributed by atoms with E-state index in [9.17, 15) is 0 Å². The maximum absolute atomic E-state index is 6.00. The average molecular weight is 207 g/mol. The van der Waals surface area contributed by atoms with Crippen LogP contribution < -0.4 is 0 Å². The molecule has 0 aliphatic carbocycles. The Morgan fingerprint density at radius 2 is 1.93 bits per heavy atom. The van der Waals surface area contributed by atoms with Gasteiger partial charge in [0.05, 0.1) is 5.02 Å². The first kappa shape index (κ1) is 9.35. The Balaban J connectivity index is 2.52. The van der Waals surface area contributed by atoms with Crippen LogP contribution in [0, 0.1) is 0 Å². The fourth-order valence-corrected chi connectivity index (χ4v) is 1.79. The molecule has 0 N–H and O–H groups in total. The second-order valence-corrected chi connectivity index (χ2v) is 3.52. The molecule has 0 aliphatic heterocycles. The van der Waals surface area contributed by atoms with Crippen molar-refractivity contribution in [1.82, 2.24) is 0 Å². The molecule has 1 nitrogen and oxygen atoms in total. The molecule has 1 aromatic carbocycles. The van der Waals surface area contributed by atoms with E-state index >= 15 is 0 Å². The minimum Gasteiger partial charge on any atom is -0.462 e. The van der Waals surface area contributed by atoms with Crippen LogP contribution in [0.3, 0.4) is 0 Å². The minimum absolute atomic E-state index is 0.714. The van der Waals surface area contributed by atoms with Crippen LogP contribution in [0.5, 0.6) is 0 Å². The third kappa shape index (κ3) is 1.55. The zero-order valence-corrected chi connectivity index (χ0v) is 8.71. The highest BCUT2D eigenvalue weighted by molar-refractivity contribution is 6.31. The third-order valence-corrected chi connectivity index (χ3v) is 2.55. The molecule has 0 aliphatic rings. The predicted molar refractivity (Wildman–Crippen MR) is 58.5 cm³/mol. The molecule has 2 heteroatoms. The maximum Gasteiger partial charge on any atom is 0.138 e. The van der Waals surface area contributed by atoms with Crippen LogP contribution in [0.2, 0.25) is 5.02 Å². The van der Waals surface area contributed by atoms with Gasteiger partial charge in [-0.25, -0.2) is 0 Å². The van der Waals surface area contributed by atoms with Gasteiger partial charge in [-0.1, -0.05) is 48.9 Å². The Kier molecular flexibility index (Phi) is 2.60. The van der Waals surface area contributed by atoms with Gasteiger partial charge in [0, 0.05) is 11.1 Å². The van der Waals surface area contributed by atoms with Gasteiger partial charge in [-0.3, -0.25) is 0 Å². The molecular weight excluding hydrogens is 196 g/mol. The molecule has 1 aromatic heterocycles. The molecular formula is C12H11ClO. The van der Waals surface area contributed by atoms with E-state index in [0.717, 1.165) is 23.3 Å². The van der Waals surface area contributed by atoms with Crippen LogP contribution >= 0.6 is 11.6 Å². The predicted octanol–water partition coefficient (Wildman–Crippen LogP) is 4.16. The van der Waals surface area contributed by atoms with Crippen LogP contribution in [0.4, 0.5) is 0 Å². The van der Waals surface area contributed by atoms with E-state index in [-0.39, 0.29) is 0 Å². The summed E-state index contributed by atoms with van der Waals surface area (Å²) in [5.74, 6) is 0.887. The highest BCUT2D eigenvalue weighted by Crippen LogP contribution is 2.31. The SMILES string of the molecule is CCc1c(Cl)coc1-c1ccccc1. The number of hydrogen-bond acceptors (Lipinski definition) is 1. The molecule has 0 saturated carbocycles. The molecule has 0 fully saturated rings. The molecule has 72 valence electrons. The van der Waals surface area contributed by atoms with Crippen LogP contribution in [-0.2, 0) is 6.42 Å². The fraction of sp³-hybridized carbons (Fsp3) is 0.167. The lowest BCUT2D eigenvalue weighted by molar-refractivity contribution is 0.580. The second-order valence-electron chi connectivity index (χ2n) is 3.11. The van der Waals surface area contributed by atoms with Gasteiger partial charge in [-0.05, 0) is 6.42 Å². The van der Waals surface area contributed by atoms with Crippen molar-refractivity contribution in [2.75, 3.05) is 0 Å². The Labute approximate surface area is 88.3 Å². The summed E-state index contributed by atoms with van der Waals surface area (Å²) in [5, 5.41) is 0.714. The average Bonchev–Trinajstić information content (AvgIpc) is 2.61. The van der Waals surface area contributed by atoms with Crippen molar-refractivity contribution in [3.8, 4) is 11.3 Å². The van der Waals surface area contributed by atoms with E-state index in [1.807, 2.05) is 30.3 Å². The van der Waals surface area contributed by atoms with Gasteiger partial charge in [-0.15, -0.1) is 0 Å². The van der Waals surface area contributed by atoms with Crippen LogP contribution in [0.1, 0.15) is 12.5 Å². The lowest BCUT2D eigenvalue weighted by Gasteiger charge is -1.99. The lowest BCUT2D eigenvalue weighted by Crippen LogP contribution is -1.81. The first-order valence-electron chi connectivity index (χ1n) is 4.64. The third-order valence-electron chi connectivity index (χ3n) is 2.23. The van der Waals surface area contributed by atoms with Gasteiger partial charge in [0.25, 0.3) is 0 Å². The number of benzene rings is 1. The summed E-state index contributed by atoms with van der Waals surface area (Å²) < 4.78 is 5.44. The molecule has 2 aromatic rings. The zero-order valence-electron chi connectivity index (χ0n) is 7.96. The van der Waals surface area contributed by atoms with Crippen LogP contribution in [0.15, 0.2) is 41.0 Å². The summed E-state index contributed by atoms with van der Waals surface area (Å²) in [6.45, 7) is 2.07. The maximum atomic E-state index is 6.00. The summed E-state index contributed by atoms with van der Waals surface area (Å²) in [7, 11) is 0. The zero-order chi connectivity index (χ0) is 9.97. The molecule has 0 amide bonds. The van der Waals surface area contributed by atoms with Gasteiger partial charge < -0.3 is 4.42 Å². The van der Waals surface area contributed by atoms with Gasteiger partial charge in [0.1, 0.15) is 12.0 Å². The molecule has 2 rings (SSSR count). The Hall–Kier alpha value is -1.21. The van der Waals surface area contributed by atoms with Gasteiger partial charge in [0.2, 0.25) is 0 Å². The fourth-order valence-electron chi connectivity index (χ4n) is 1.52. The lowest BCUT2D eigenvalue weighted by atomic mass is 10.1. The smallest absolute Gasteiger partial charge is 0.138 e. The quantitative estimate of drug-likeness (QED) is 0.719. The second kappa shape index (κ2) is 3.89. The summed E-state index contributed by atoms with van der Waals surface area (Å²) >= 11 is 6.00. The molecule has 0 spiro atoms. The number of halogens is 1. The van der Waals surface area contributed by atoms with Crippen molar-refractivity contribution in [2.24, 2.45) is 0 Å². The van der Waals surface area contributed by atoms with E-state index in [4.69, 9.17) is 16.0 Å². The first-order chi connectivity index (χ1) is 6.83. The highest BCUT2D eigenvalue weighted by atomic mass is 35.5. The molecule has 14 heavy (non-hydrogen) atoms. The van der Waals surface area contributed by atoms with Crippen molar-refractivity contribution in [2.45, 2.75) is 13.3 Å². The molecule has 0 unspecified atom stereocenters. The highest BCUT2D eigenvalue weighted by Gasteiger charge is 2.11. The molecule has 0 atom stereocenters. The molecule has 1 heterocycles. The topological polar surface area (TPSA) is 13.1 Å². The molecule has 0 saturated heterocycles. The Morgan fingerprint density at radius 1 is 1.21 bits per heavy atom. The van der Waals surface area contributed by atoms with Crippen molar-refractivity contribution in [1.29, 1.82) is 0 Å². The van der Waals surface area contributed by atoms with Crippen molar-refractivity contribution >= 4 is 11.6 Å². The van der Waals surface area contributed by atoms with E-state index in [0.29, 0.717) is 5.02 Å². The first-order valence-corrected chi connectivity index (χ1v) is 5.02. The number of hydrogen-bond donors (Lipinski definition) is 0.